The van der Waals surface area contributed by atoms with Crippen LogP contribution in [0.3, 0.4) is 0 Å². The molecule has 5 heteroatoms. The van der Waals surface area contributed by atoms with Crippen LogP contribution in [-0.2, 0) is 0 Å². The van der Waals surface area contributed by atoms with Gasteiger partial charge in [0.1, 0.15) is 0 Å². The molecule has 2 heterocycles. The van der Waals surface area contributed by atoms with Crippen LogP contribution in [0.2, 0.25) is 0 Å². The molecule has 0 fully saturated rings. The standard InChI is InChI=1S/C25H18N4O/c30-25(29-27-16-18-15-26-22-12-6-4-10-19(18)22)21-14-24(17-8-2-1-3-9-17)28-23-13-7-5-11-20(21)23/h1-16,26H,(H,29,30)/b27-16-. The number of hydrogen-bond donors (Lipinski definition) is 2. The number of carbonyl (C=O) groups excluding carboxylic acids is 1. The summed E-state index contributed by atoms with van der Waals surface area (Å²) in [6, 6.07) is 27.2. The van der Waals surface area contributed by atoms with Crippen molar-refractivity contribution in [2.24, 2.45) is 5.10 Å². The Labute approximate surface area is 173 Å². The number of H-pyrrole nitrogens is 1. The Bertz CT molecular complexity index is 1390. The van der Waals surface area contributed by atoms with Crippen LogP contribution in [0.1, 0.15) is 15.9 Å². The number of pyridine rings is 1. The molecule has 1 amide bonds. The number of hydrazone groups is 1. The second-order valence-electron chi connectivity index (χ2n) is 6.93. The largest absolute Gasteiger partial charge is 0.361 e. The lowest BCUT2D eigenvalue weighted by molar-refractivity contribution is 0.0956. The maximum atomic E-state index is 13.0. The van der Waals surface area contributed by atoms with E-state index in [9.17, 15) is 4.79 Å². The van der Waals surface area contributed by atoms with Crippen LogP contribution in [-0.4, -0.2) is 22.1 Å². The van der Waals surface area contributed by atoms with Gasteiger partial charge >= 0.3 is 0 Å². The molecule has 30 heavy (non-hydrogen) atoms. The molecular formula is C25H18N4O. The van der Waals surface area contributed by atoms with E-state index in [4.69, 9.17) is 4.98 Å². The average molecular weight is 390 g/mol. The summed E-state index contributed by atoms with van der Waals surface area (Å²) in [5.41, 5.74) is 7.61. The second kappa shape index (κ2) is 7.64. The van der Waals surface area contributed by atoms with Gasteiger partial charge in [-0.25, -0.2) is 10.4 Å². The third kappa shape index (κ3) is 3.33. The first-order chi connectivity index (χ1) is 14.8. The van der Waals surface area contributed by atoms with Gasteiger partial charge in [0.2, 0.25) is 0 Å². The van der Waals surface area contributed by atoms with Crippen LogP contribution in [0.4, 0.5) is 0 Å². The van der Waals surface area contributed by atoms with Crippen molar-refractivity contribution in [2.45, 2.75) is 0 Å². The van der Waals surface area contributed by atoms with Crippen LogP contribution < -0.4 is 5.43 Å². The first kappa shape index (κ1) is 17.8. The highest BCUT2D eigenvalue weighted by Crippen LogP contribution is 2.24. The molecule has 0 saturated carbocycles. The number of amides is 1. The van der Waals surface area contributed by atoms with Gasteiger partial charge in [0.25, 0.3) is 5.91 Å². The molecular weight excluding hydrogens is 372 g/mol. The van der Waals surface area contributed by atoms with Gasteiger partial charge in [0, 0.05) is 33.6 Å². The minimum absolute atomic E-state index is 0.276. The van der Waals surface area contributed by atoms with Gasteiger partial charge in [-0.3, -0.25) is 4.79 Å². The fourth-order valence-electron chi connectivity index (χ4n) is 3.54. The molecule has 5 rings (SSSR count). The van der Waals surface area contributed by atoms with Crippen molar-refractivity contribution in [1.29, 1.82) is 0 Å². The summed E-state index contributed by atoms with van der Waals surface area (Å²) in [7, 11) is 0. The first-order valence-electron chi connectivity index (χ1n) is 9.64. The Hall–Kier alpha value is -4.25. The Balaban J connectivity index is 1.48. The van der Waals surface area contributed by atoms with E-state index in [0.717, 1.165) is 38.6 Å². The van der Waals surface area contributed by atoms with E-state index in [1.807, 2.05) is 91.1 Å². The van der Waals surface area contributed by atoms with Gasteiger partial charge in [0.15, 0.2) is 0 Å². The summed E-state index contributed by atoms with van der Waals surface area (Å²) in [5, 5.41) is 6.03. The third-order valence-corrected chi connectivity index (χ3v) is 5.02. The molecule has 0 radical (unpaired) electrons. The van der Waals surface area contributed by atoms with Crippen LogP contribution in [0.25, 0.3) is 33.1 Å². The van der Waals surface area contributed by atoms with E-state index in [1.165, 1.54) is 0 Å². The number of nitrogens with zero attached hydrogens (tertiary/aromatic N) is 2. The van der Waals surface area contributed by atoms with Gasteiger partial charge in [-0.05, 0) is 18.2 Å². The van der Waals surface area contributed by atoms with Crippen LogP contribution in [0, 0.1) is 0 Å². The van der Waals surface area contributed by atoms with E-state index >= 15 is 0 Å². The molecule has 2 N–H and O–H groups in total. The molecule has 0 spiro atoms. The number of rotatable bonds is 4. The summed E-state index contributed by atoms with van der Waals surface area (Å²) < 4.78 is 0. The Morgan fingerprint density at radius 3 is 2.50 bits per heavy atom. The van der Waals surface area contributed by atoms with Crippen molar-refractivity contribution in [1.82, 2.24) is 15.4 Å². The minimum Gasteiger partial charge on any atom is -0.361 e. The summed E-state index contributed by atoms with van der Waals surface area (Å²) in [6.45, 7) is 0. The van der Waals surface area contributed by atoms with Crippen molar-refractivity contribution in [3.8, 4) is 11.3 Å². The Morgan fingerprint density at radius 2 is 1.63 bits per heavy atom. The molecule has 0 unspecified atom stereocenters. The van der Waals surface area contributed by atoms with E-state index in [-0.39, 0.29) is 5.91 Å². The average Bonchev–Trinajstić information content (AvgIpc) is 3.22. The fraction of sp³-hybridized carbons (Fsp3) is 0. The van der Waals surface area contributed by atoms with Crippen molar-refractivity contribution in [3.63, 3.8) is 0 Å². The summed E-state index contributed by atoms with van der Waals surface area (Å²) >= 11 is 0. The number of aromatic nitrogens is 2. The summed E-state index contributed by atoms with van der Waals surface area (Å²) in [5.74, 6) is -0.276. The summed E-state index contributed by atoms with van der Waals surface area (Å²) in [4.78, 5) is 20.9. The Kier molecular flexibility index (Phi) is 4.54. The molecule has 144 valence electrons. The highest BCUT2D eigenvalue weighted by Gasteiger charge is 2.13. The lowest BCUT2D eigenvalue weighted by Crippen LogP contribution is -2.18. The zero-order chi connectivity index (χ0) is 20.3. The molecule has 0 saturated heterocycles. The first-order valence-corrected chi connectivity index (χ1v) is 9.64. The lowest BCUT2D eigenvalue weighted by atomic mass is 10.0. The van der Waals surface area contributed by atoms with Gasteiger partial charge in [-0.1, -0.05) is 66.7 Å². The molecule has 5 nitrogen and oxygen atoms in total. The number of carbonyl (C=O) groups is 1. The number of fused-ring (bicyclic) bond motifs is 2. The van der Waals surface area contributed by atoms with E-state index < -0.39 is 0 Å². The highest BCUT2D eigenvalue weighted by atomic mass is 16.2. The topological polar surface area (TPSA) is 70.1 Å². The molecule has 0 aliphatic carbocycles. The monoisotopic (exact) mass is 390 g/mol. The minimum atomic E-state index is -0.276. The molecule has 0 aliphatic rings. The van der Waals surface area contributed by atoms with Crippen molar-refractivity contribution in [2.75, 3.05) is 0 Å². The number of benzene rings is 3. The quantitative estimate of drug-likeness (QED) is 0.329. The van der Waals surface area contributed by atoms with E-state index in [1.54, 1.807) is 6.21 Å². The number of nitrogens with one attached hydrogen (secondary N) is 2. The molecule has 0 aliphatic heterocycles. The van der Waals surface area contributed by atoms with Crippen LogP contribution in [0.5, 0.6) is 0 Å². The normalized spacial score (nSPS) is 11.3. The van der Waals surface area contributed by atoms with Gasteiger partial charge in [0.05, 0.1) is 23.0 Å². The highest BCUT2D eigenvalue weighted by molar-refractivity contribution is 6.07. The lowest BCUT2D eigenvalue weighted by Gasteiger charge is -2.09. The SMILES string of the molecule is O=C(N/N=C\c1c[nH]c2ccccc12)c1cc(-c2ccccc2)nc2ccccc12. The predicted molar refractivity (Wildman–Crippen MR) is 121 cm³/mol. The fourth-order valence-corrected chi connectivity index (χ4v) is 3.54. The zero-order valence-electron chi connectivity index (χ0n) is 16.0. The molecule has 0 atom stereocenters. The van der Waals surface area contributed by atoms with Crippen molar-refractivity contribution < 1.29 is 4.79 Å². The predicted octanol–water partition coefficient (Wildman–Crippen LogP) is 5.15. The number of hydrogen-bond acceptors (Lipinski definition) is 3. The van der Waals surface area contributed by atoms with Crippen molar-refractivity contribution >= 4 is 33.9 Å². The van der Waals surface area contributed by atoms with Gasteiger partial charge in [-0.2, -0.15) is 5.10 Å². The number of para-hydroxylation sites is 2. The molecule has 0 bridgehead atoms. The molecule has 3 aromatic carbocycles. The van der Waals surface area contributed by atoms with Gasteiger partial charge in [-0.15, -0.1) is 0 Å². The van der Waals surface area contributed by atoms with Crippen LogP contribution in [0.15, 0.2) is 96.2 Å². The summed E-state index contributed by atoms with van der Waals surface area (Å²) in [6.07, 6.45) is 3.52. The van der Waals surface area contributed by atoms with E-state index in [0.29, 0.717) is 5.56 Å². The smallest absolute Gasteiger partial charge is 0.272 e. The maximum Gasteiger partial charge on any atom is 0.272 e. The molecule has 5 aromatic rings. The van der Waals surface area contributed by atoms with Crippen LogP contribution >= 0.6 is 0 Å². The maximum absolute atomic E-state index is 13.0. The van der Waals surface area contributed by atoms with E-state index in [2.05, 4.69) is 15.5 Å². The second-order valence-corrected chi connectivity index (χ2v) is 6.93. The van der Waals surface area contributed by atoms with Gasteiger partial charge < -0.3 is 4.98 Å². The zero-order valence-corrected chi connectivity index (χ0v) is 16.0. The molecule has 2 aromatic heterocycles. The third-order valence-electron chi connectivity index (χ3n) is 5.02. The number of aromatic amines is 1. The Morgan fingerprint density at radius 1 is 0.900 bits per heavy atom. The van der Waals surface area contributed by atoms with Crippen molar-refractivity contribution in [3.05, 3.63) is 102 Å².